The molecule has 0 spiro atoms. The lowest BCUT2D eigenvalue weighted by atomic mass is 9.97. The highest BCUT2D eigenvalue weighted by atomic mass is 32.1. The Morgan fingerprint density at radius 3 is 2.27 bits per heavy atom. The molecule has 0 aliphatic rings. The molecule has 0 aliphatic carbocycles. The van der Waals surface area contributed by atoms with Crippen LogP contribution in [0.5, 0.6) is 0 Å². The van der Waals surface area contributed by atoms with Gasteiger partial charge in [0.25, 0.3) is 0 Å². The third-order valence-corrected chi connectivity index (χ3v) is 4.53. The van der Waals surface area contributed by atoms with Crippen LogP contribution in [0.25, 0.3) is 10.4 Å². The number of aromatic nitrogens is 1. The molecule has 0 fully saturated rings. The first kappa shape index (κ1) is 24.1. The average molecular weight is 379 g/mol. The summed E-state index contributed by atoms with van der Waals surface area (Å²) in [7, 11) is 1.47. The predicted molar refractivity (Wildman–Crippen MR) is 113 cm³/mol. The van der Waals surface area contributed by atoms with Crippen molar-refractivity contribution in [2.75, 3.05) is 12.8 Å². The molecule has 26 heavy (non-hydrogen) atoms. The molecule has 0 radical (unpaired) electrons. The standard InChI is InChI=1S/C10H20O2.C9H8N2S.C2H6/c1-4-6-8-9(7-5-2)10(11)12-3;10-8-3-1-7(2-4-8)9-5-11-6-12-9;1-2/h9H,4-8H2,1-3H3;1-6H,10H2;1-2H3. The minimum atomic E-state index is -0.0368. The highest BCUT2D eigenvalue weighted by Crippen LogP contribution is 2.23. The zero-order valence-corrected chi connectivity index (χ0v) is 17.6. The monoisotopic (exact) mass is 378 g/mol. The van der Waals surface area contributed by atoms with Crippen LogP contribution in [0.2, 0.25) is 0 Å². The molecule has 1 aromatic carbocycles. The fraction of sp³-hybridized carbons (Fsp3) is 0.524. The fourth-order valence-electron chi connectivity index (χ4n) is 2.35. The van der Waals surface area contributed by atoms with E-state index >= 15 is 0 Å². The Morgan fingerprint density at radius 1 is 1.15 bits per heavy atom. The maximum absolute atomic E-state index is 11.2. The first-order chi connectivity index (χ1) is 12.6. The van der Waals surface area contributed by atoms with E-state index in [1.165, 1.54) is 17.6 Å². The molecular formula is C21H34N2O2S. The lowest BCUT2D eigenvalue weighted by Crippen LogP contribution is -2.15. The number of hydrogen-bond acceptors (Lipinski definition) is 5. The van der Waals surface area contributed by atoms with E-state index in [9.17, 15) is 4.79 Å². The maximum atomic E-state index is 11.2. The van der Waals surface area contributed by atoms with E-state index in [0.29, 0.717) is 0 Å². The van der Waals surface area contributed by atoms with Crippen LogP contribution in [0, 0.1) is 5.92 Å². The molecule has 0 saturated heterocycles. The molecule has 0 aliphatic heterocycles. The number of thiazole rings is 1. The third kappa shape index (κ3) is 9.56. The fourth-order valence-corrected chi connectivity index (χ4v) is 2.98. The van der Waals surface area contributed by atoms with Gasteiger partial charge in [-0.1, -0.05) is 59.1 Å². The van der Waals surface area contributed by atoms with Crippen molar-refractivity contribution >= 4 is 23.0 Å². The number of benzene rings is 1. The zero-order chi connectivity index (χ0) is 19.8. The van der Waals surface area contributed by atoms with E-state index in [2.05, 4.69) is 18.8 Å². The number of ether oxygens (including phenoxy) is 1. The Bertz CT molecular complexity index is 568. The molecule has 146 valence electrons. The molecule has 1 heterocycles. The molecule has 2 N–H and O–H groups in total. The number of methoxy groups -OCH3 is 1. The summed E-state index contributed by atoms with van der Waals surface area (Å²) in [5.41, 5.74) is 9.36. The highest BCUT2D eigenvalue weighted by molar-refractivity contribution is 7.13. The number of esters is 1. The van der Waals surface area contributed by atoms with Gasteiger partial charge in [0.05, 0.1) is 23.4 Å². The molecule has 0 saturated carbocycles. The van der Waals surface area contributed by atoms with Crippen LogP contribution < -0.4 is 5.73 Å². The summed E-state index contributed by atoms with van der Waals surface area (Å²) < 4.78 is 4.72. The minimum absolute atomic E-state index is 0.0368. The number of anilines is 1. The van der Waals surface area contributed by atoms with E-state index in [4.69, 9.17) is 10.5 Å². The van der Waals surface area contributed by atoms with Crippen molar-refractivity contribution in [2.24, 2.45) is 5.92 Å². The summed E-state index contributed by atoms with van der Waals surface area (Å²) in [5, 5.41) is 0. The number of nitrogen functional groups attached to an aromatic ring is 1. The van der Waals surface area contributed by atoms with Crippen LogP contribution in [0.4, 0.5) is 5.69 Å². The van der Waals surface area contributed by atoms with E-state index in [1.54, 1.807) is 11.3 Å². The van der Waals surface area contributed by atoms with Gasteiger partial charge in [-0.05, 0) is 30.5 Å². The summed E-state index contributed by atoms with van der Waals surface area (Å²) in [6.07, 6.45) is 7.14. The van der Waals surface area contributed by atoms with Crippen molar-refractivity contribution in [3.63, 3.8) is 0 Å². The number of unbranched alkanes of at least 4 members (excludes halogenated alkanes) is 1. The quantitative estimate of drug-likeness (QED) is 0.461. The Kier molecular flexibility index (Phi) is 14.3. The normalized spacial score (nSPS) is 10.7. The predicted octanol–water partition coefficient (Wildman–Crippen LogP) is 6.18. The van der Waals surface area contributed by atoms with Crippen LogP contribution >= 0.6 is 11.3 Å². The Morgan fingerprint density at radius 2 is 1.81 bits per heavy atom. The molecule has 1 unspecified atom stereocenters. The van der Waals surface area contributed by atoms with E-state index in [-0.39, 0.29) is 11.9 Å². The Hall–Kier alpha value is -1.88. The van der Waals surface area contributed by atoms with Gasteiger partial charge in [-0.2, -0.15) is 0 Å². The first-order valence-corrected chi connectivity index (χ1v) is 10.3. The van der Waals surface area contributed by atoms with Gasteiger partial charge in [0, 0.05) is 11.9 Å². The van der Waals surface area contributed by atoms with Gasteiger partial charge >= 0.3 is 5.97 Å². The SMILES string of the molecule is CC.CCCCC(CCC)C(=O)OC.Nc1ccc(-c2cncs2)cc1. The summed E-state index contributed by atoms with van der Waals surface area (Å²) in [4.78, 5) is 16.4. The molecule has 2 aromatic rings. The zero-order valence-electron chi connectivity index (χ0n) is 16.8. The lowest BCUT2D eigenvalue weighted by molar-refractivity contribution is -0.146. The Balaban J connectivity index is 0.000000439. The second-order valence-corrected chi connectivity index (χ2v) is 6.53. The van der Waals surface area contributed by atoms with Crippen molar-refractivity contribution in [1.29, 1.82) is 0 Å². The maximum Gasteiger partial charge on any atom is 0.308 e. The van der Waals surface area contributed by atoms with Gasteiger partial charge in [-0.3, -0.25) is 9.78 Å². The van der Waals surface area contributed by atoms with Gasteiger partial charge in [-0.25, -0.2) is 0 Å². The van der Waals surface area contributed by atoms with Crippen LogP contribution in [-0.4, -0.2) is 18.1 Å². The smallest absolute Gasteiger partial charge is 0.308 e. The van der Waals surface area contributed by atoms with Gasteiger partial charge in [0.2, 0.25) is 0 Å². The summed E-state index contributed by atoms with van der Waals surface area (Å²) in [6, 6.07) is 7.80. The van der Waals surface area contributed by atoms with Crippen LogP contribution in [0.3, 0.4) is 0 Å². The van der Waals surface area contributed by atoms with E-state index < -0.39 is 0 Å². The Labute approximate surface area is 162 Å². The topological polar surface area (TPSA) is 65.2 Å². The van der Waals surface area contributed by atoms with Gasteiger partial charge in [0.15, 0.2) is 0 Å². The summed E-state index contributed by atoms with van der Waals surface area (Å²) in [6.45, 7) is 8.24. The molecule has 1 aromatic heterocycles. The van der Waals surface area contributed by atoms with Crippen molar-refractivity contribution in [3.05, 3.63) is 36.0 Å². The number of nitrogens with two attached hydrogens (primary N) is 1. The van der Waals surface area contributed by atoms with Gasteiger partial charge in [0.1, 0.15) is 0 Å². The van der Waals surface area contributed by atoms with E-state index in [1.807, 2.05) is 49.8 Å². The number of nitrogens with zero attached hydrogens (tertiary/aromatic N) is 1. The third-order valence-electron chi connectivity index (χ3n) is 3.71. The second kappa shape index (κ2) is 15.4. The largest absolute Gasteiger partial charge is 0.469 e. The minimum Gasteiger partial charge on any atom is -0.469 e. The first-order valence-electron chi connectivity index (χ1n) is 9.44. The van der Waals surface area contributed by atoms with E-state index in [0.717, 1.165) is 37.8 Å². The average Bonchev–Trinajstić information content (AvgIpc) is 3.22. The second-order valence-electron chi connectivity index (χ2n) is 5.64. The van der Waals surface area contributed by atoms with Crippen molar-refractivity contribution < 1.29 is 9.53 Å². The molecule has 5 heteroatoms. The van der Waals surface area contributed by atoms with Crippen molar-refractivity contribution in [3.8, 4) is 10.4 Å². The number of rotatable bonds is 7. The molecule has 0 bridgehead atoms. The van der Waals surface area contributed by atoms with Crippen LogP contribution in [-0.2, 0) is 9.53 Å². The molecule has 0 amide bonds. The summed E-state index contributed by atoms with van der Waals surface area (Å²) >= 11 is 1.63. The van der Waals surface area contributed by atoms with Crippen LogP contribution in [0.1, 0.15) is 59.8 Å². The van der Waals surface area contributed by atoms with Crippen LogP contribution in [0.15, 0.2) is 36.0 Å². The molecular weight excluding hydrogens is 344 g/mol. The van der Waals surface area contributed by atoms with Crippen molar-refractivity contribution in [2.45, 2.75) is 59.8 Å². The van der Waals surface area contributed by atoms with Crippen molar-refractivity contribution in [1.82, 2.24) is 4.98 Å². The van der Waals surface area contributed by atoms with Gasteiger partial charge < -0.3 is 10.5 Å². The number of carbonyl (C=O) groups is 1. The molecule has 1 atom stereocenters. The summed E-state index contributed by atoms with van der Waals surface area (Å²) in [5.74, 6) is 0.102. The van der Waals surface area contributed by atoms with Gasteiger partial charge in [-0.15, -0.1) is 11.3 Å². The molecule has 4 nitrogen and oxygen atoms in total. The number of carbonyl (C=O) groups excluding carboxylic acids is 1. The highest BCUT2D eigenvalue weighted by Gasteiger charge is 2.16. The lowest BCUT2D eigenvalue weighted by Gasteiger charge is -2.12. The molecule has 2 rings (SSSR count). The number of hydrogen-bond donors (Lipinski definition) is 1.